The highest BCUT2D eigenvalue weighted by atomic mass is 16.3. The minimum Gasteiger partial charge on any atom is -0.455 e. The van der Waals surface area contributed by atoms with Gasteiger partial charge in [0.1, 0.15) is 11.2 Å². The molecule has 6 rings (SSSR count). The molecule has 2 heterocycles. The van der Waals surface area contributed by atoms with Crippen LogP contribution in [-0.2, 0) is 7.05 Å². The summed E-state index contributed by atoms with van der Waals surface area (Å²) in [6.07, 6.45) is 6.68. The molecule has 0 radical (unpaired) electrons. The fraction of sp³-hybridized carbons (Fsp3) is 0.280. The van der Waals surface area contributed by atoms with Crippen molar-refractivity contribution < 1.29 is 4.42 Å². The highest BCUT2D eigenvalue weighted by molar-refractivity contribution is 6.24. The summed E-state index contributed by atoms with van der Waals surface area (Å²) >= 11 is 0. The maximum atomic E-state index is 6.42. The van der Waals surface area contributed by atoms with Gasteiger partial charge in [-0.15, -0.1) is 0 Å². The molecule has 0 spiro atoms. The van der Waals surface area contributed by atoms with Gasteiger partial charge >= 0.3 is 0 Å². The molecule has 5 aromatic rings. The van der Waals surface area contributed by atoms with Gasteiger partial charge in [-0.1, -0.05) is 55.7 Å². The van der Waals surface area contributed by atoms with E-state index >= 15 is 0 Å². The Morgan fingerprint density at radius 1 is 0.852 bits per heavy atom. The number of para-hydroxylation sites is 2. The van der Waals surface area contributed by atoms with E-state index < -0.39 is 0 Å². The van der Waals surface area contributed by atoms with Crippen LogP contribution in [0, 0.1) is 0 Å². The molecule has 134 valence electrons. The van der Waals surface area contributed by atoms with Gasteiger partial charge in [0.05, 0.1) is 10.9 Å². The third-order valence-corrected chi connectivity index (χ3v) is 6.59. The van der Waals surface area contributed by atoms with Gasteiger partial charge in [0.2, 0.25) is 0 Å². The highest BCUT2D eigenvalue weighted by Crippen LogP contribution is 2.45. The van der Waals surface area contributed by atoms with Crippen LogP contribution >= 0.6 is 0 Å². The molecule has 1 aliphatic carbocycles. The first kappa shape index (κ1) is 15.3. The minimum absolute atomic E-state index is 0.655. The Morgan fingerprint density at radius 3 is 2.44 bits per heavy atom. The zero-order valence-corrected chi connectivity index (χ0v) is 15.7. The summed E-state index contributed by atoms with van der Waals surface area (Å²) in [6, 6.07) is 19.7. The average molecular weight is 353 g/mol. The quantitative estimate of drug-likeness (QED) is 0.310. The van der Waals surface area contributed by atoms with E-state index in [2.05, 4.69) is 66.2 Å². The summed E-state index contributed by atoms with van der Waals surface area (Å²) in [4.78, 5) is 0. The molecule has 0 bridgehead atoms. The van der Waals surface area contributed by atoms with E-state index in [-0.39, 0.29) is 0 Å². The van der Waals surface area contributed by atoms with E-state index in [1.807, 2.05) is 0 Å². The SMILES string of the molecule is Cn1c2ccccc2c2c3oc4ccccc4c3cc(C3CCCCC3)c21. The monoisotopic (exact) mass is 353 g/mol. The Labute approximate surface area is 158 Å². The van der Waals surface area contributed by atoms with Crippen molar-refractivity contribution in [1.82, 2.24) is 4.57 Å². The van der Waals surface area contributed by atoms with Crippen LogP contribution in [0.25, 0.3) is 43.7 Å². The van der Waals surface area contributed by atoms with Crippen molar-refractivity contribution >= 4 is 43.7 Å². The van der Waals surface area contributed by atoms with E-state index in [0.29, 0.717) is 5.92 Å². The van der Waals surface area contributed by atoms with E-state index in [0.717, 1.165) is 11.2 Å². The molecular formula is C25H23NO. The second-order valence-corrected chi connectivity index (χ2v) is 8.08. The number of hydrogen-bond acceptors (Lipinski definition) is 1. The summed E-state index contributed by atoms with van der Waals surface area (Å²) in [7, 11) is 2.21. The van der Waals surface area contributed by atoms with Crippen LogP contribution in [0.2, 0.25) is 0 Å². The lowest BCUT2D eigenvalue weighted by molar-refractivity contribution is 0.445. The summed E-state index contributed by atoms with van der Waals surface area (Å²) in [5, 5.41) is 5.11. The minimum atomic E-state index is 0.655. The first-order valence-electron chi connectivity index (χ1n) is 10.1. The van der Waals surface area contributed by atoms with Crippen LogP contribution in [-0.4, -0.2) is 4.57 Å². The molecular weight excluding hydrogens is 330 g/mol. The van der Waals surface area contributed by atoms with Crippen molar-refractivity contribution in [3.8, 4) is 0 Å². The van der Waals surface area contributed by atoms with Gasteiger partial charge in [-0.3, -0.25) is 0 Å². The summed E-state index contributed by atoms with van der Waals surface area (Å²) < 4.78 is 8.81. The van der Waals surface area contributed by atoms with Crippen LogP contribution in [0.5, 0.6) is 0 Å². The number of benzene rings is 3. The second-order valence-electron chi connectivity index (χ2n) is 8.08. The standard InChI is InChI=1S/C25H23NO/c1-26-21-13-7-5-12-18(21)23-24(26)19(16-9-3-2-4-10-16)15-20-17-11-6-8-14-22(17)27-25(20)23/h5-8,11-16H,2-4,9-10H2,1H3. The second kappa shape index (κ2) is 5.63. The first-order valence-corrected chi connectivity index (χ1v) is 10.1. The van der Waals surface area contributed by atoms with E-state index in [4.69, 9.17) is 4.42 Å². The van der Waals surface area contributed by atoms with Crippen molar-refractivity contribution in [3.63, 3.8) is 0 Å². The van der Waals surface area contributed by atoms with Crippen molar-refractivity contribution in [3.05, 3.63) is 60.2 Å². The van der Waals surface area contributed by atoms with Gasteiger partial charge in [0.15, 0.2) is 0 Å². The lowest BCUT2D eigenvalue weighted by Gasteiger charge is -2.23. The summed E-state index contributed by atoms with van der Waals surface area (Å²) in [6.45, 7) is 0. The van der Waals surface area contributed by atoms with Gasteiger partial charge < -0.3 is 8.98 Å². The molecule has 1 fully saturated rings. The fourth-order valence-corrected chi connectivity index (χ4v) is 5.30. The summed E-state index contributed by atoms with van der Waals surface area (Å²) in [5.74, 6) is 0.655. The van der Waals surface area contributed by atoms with Crippen LogP contribution in [0.4, 0.5) is 0 Å². The van der Waals surface area contributed by atoms with Crippen LogP contribution in [0.3, 0.4) is 0 Å². The Bertz CT molecular complexity index is 1310. The Hall–Kier alpha value is -2.74. The predicted octanol–water partition coefficient (Wildman–Crippen LogP) is 7.28. The molecule has 0 unspecified atom stereocenters. The van der Waals surface area contributed by atoms with Gasteiger partial charge in [0, 0.05) is 28.7 Å². The maximum Gasteiger partial charge on any atom is 0.145 e. The van der Waals surface area contributed by atoms with Gasteiger partial charge in [-0.2, -0.15) is 0 Å². The third kappa shape index (κ3) is 2.07. The lowest BCUT2D eigenvalue weighted by atomic mass is 9.82. The molecule has 0 atom stereocenters. The number of fused-ring (bicyclic) bond motifs is 7. The number of hydrogen-bond donors (Lipinski definition) is 0. The number of aromatic nitrogens is 1. The first-order chi connectivity index (χ1) is 13.3. The molecule has 1 saturated carbocycles. The fourth-order valence-electron chi connectivity index (χ4n) is 5.30. The zero-order chi connectivity index (χ0) is 18.0. The van der Waals surface area contributed by atoms with Gasteiger partial charge in [-0.25, -0.2) is 0 Å². The third-order valence-electron chi connectivity index (χ3n) is 6.59. The largest absolute Gasteiger partial charge is 0.455 e. The Kier molecular flexibility index (Phi) is 3.19. The Morgan fingerprint density at radius 2 is 1.59 bits per heavy atom. The lowest BCUT2D eigenvalue weighted by Crippen LogP contribution is -2.06. The molecule has 0 N–H and O–H groups in total. The normalized spacial score (nSPS) is 16.2. The van der Waals surface area contributed by atoms with E-state index in [1.165, 1.54) is 70.2 Å². The van der Waals surface area contributed by atoms with E-state index in [9.17, 15) is 0 Å². The molecule has 2 aromatic heterocycles. The Balaban J connectivity index is 1.85. The highest BCUT2D eigenvalue weighted by Gasteiger charge is 2.24. The number of aryl methyl sites for hydroxylation is 1. The summed E-state index contributed by atoms with van der Waals surface area (Å²) in [5.41, 5.74) is 6.21. The van der Waals surface area contributed by atoms with Crippen LogP contribution in [0.15, 0.2) is 59.0 Å². The smallest absolute Gasteiger partial charge is 0.145 e. The molecule has 1 aliphatic rings. The molecule has 3 aromatic carbocycles. The van der Waals surface area contributed by atoms with Crippen LogP contribution < -0.4 is 0 Å². The predicted molar refractivity (Wildman–Crippen MR) is 114 cm³/mol. The number of nitrogens with zero attached hydrogens (tertiary/aromatic N) is 1. The molecule has 2 heteroatoms. The van der Waals surface area contributed by atoms with Gasteiger partial charge in [-0.05, 0) is 42.5 Å². The van der Waals surface area contributed by atoms with Crippen LogP contribution in [0.1, 0.15) is 43.6 Å². The molecule has 27 heavy (non-hydrogen) atoms. The molecule has 0 amide bonds. The van der Waals surface area contributed by atoms with Crippen molar-refractivity contribution in [2.45, 2.75) is 38.0 Å². The van der Waals surface area contributed by atoms with Crippen molar-refractivity contribution in [2.75, 3.05) is 0 Å². The van der Waals surface area contributed by atoms with Crippen molar-refractivity contribution in [2.24, 2.45) is 7.05 Å². The molecule has 2 nitrogen and oxygen atoms in total. The topological polar surface area (TPSA) is 18.1 Å². The van der Waals surface area contributed by atoms with Crippen molar-refractivity contribution in [1.29, 1.82) is 0 Å². The molecule has 0 saturated heterocycles. The van der Waals surface area contributed by atoms with Gasteiger partial charge in [0.25, 0.3) is 0 Å². The average Bonchev–Trinajstić information content (AvgIpc) is 3.24. The molecule has 0 aliphatic heterocycles. The number of furan rings is 1. The number of rotatable bonds is 1. The maximum absolute atomic E-state index is 6.42. The van der Waals surface area contributed by atoms with E-state index in [1.54, 1.807) is 0 Å². The zero-order valence-electron chi connectivity index (χ0n) is 15.7.